The number of hydrogen-bond donors (Lipinski definition) is 3. The highest BCUT2D eigenvalue weighted by molar-refractivity contribution is 14.0. The first-order valence-electron chi connectivity index (χ1n) is 8.78. The van der Waals surface area contributed by atoms with Crippen LogP contribution in [0.4, 0.5) is 0 Å². The lowest BCUT2D eigenvalue weighted by molar-refractivity contribution is -0.121. The number of carbonyl (C=O) groups excluding carboxylic acids is 1. The fraction of sp³-hybridized carbons (Fsp3) is 0.529. The van der Waals surface area contributed by atoms with Gasteiger partial charge in [-0.2, -0.15) is 0 Å². The van der Waals surface area contributed by atoms with E-state index in [1.54, 1.807) is 7.05 Å². The highest BCUT2D eigenvalue weighted by atomic mass is 127. The van der Waals surface area contributed by atoms with Gasteiger partial charge in [0.1, 0.15) is 0 Å². The molecule has 0 radical (unpaired) electrons. The number of rotatable bonds is 6. The number of aliphatic imine (C=N–C) groups is 1. The number of benzene rings is 1. The molecule has 11 heteroatoms. The number of carbonyl (C=O) groups is 1. The van der Waals surface area contributed by atoms with Crippen molar-refractivity contribution in [3.63, 3.8) is 0 Å². The Bertz CT molecular complexity index is 831. The van der Waals surface area contributed by atoms with Crippen molar-refractivity contribution in [3.8, 4) is 11.5 Å². The molecular formula is C17H25IN4O5S. The molecule has 28 heavy (non-hydrogen) atoms. The number of guanidine groups is 1. The zero-order valence-corrected chi connectivity index (χ0v) is 18.7. The first kappa shape index (κ1) is 22.5. The SMILES string of the molecule is CN=C(NCCC(=O)NC1CCS(=O)(=O)C1)NCc1ccc2c(c1)OCO2.I. The lowest BCUT2D eigenvalue weighted by Crippen LogP contribution is -2.40. The van der Waals surface area contributed by atoms with Crippen LogP contribution in [-0.4, -0.2) is 58.2 Å². The molecule has 1 unspecified atom stereocenters. The first-order valence-corrected chi connectivity index (χ1v) is 10.6. The molecular weight excluding hydrogens is 499 g/mol. The molecule has 9 nitrogen and oxygen atoms in total. The molecule has 2 aliphatic rings. The summed E-state index contributed by atoms with van der Waals surface area (Å²) in [5, 5.41) is 9.00. The molecule has 1 amide bonds. The van der Waals surface area contributed by atoms with Crippen LogP contribution in [0.3, 0.4) is 0 Å². The number of nitrogens with one attached hydrogen (secondary N) is 3. The van der Waals surface area contributed by atoms with Gasteiger partial charge in [0, 0.05) is 32.6 Å². The number of ether oxygens (including phenoxy) is 2. The van der Waals surface area contributed by atoms with Crippen molar-refractivity contribution < 1.29 is 22.7 Å². The normalized spacial score (nSPS) is 19.6. The monoisotopic (exact) mass is 524 g/mol. The standard InChI is InChI=1S/C17H24N4O5S.HI/c1-18-17(20-9-12-2-3-14-15(8-12)26-11-25-14)19-6-4-16(22)21-13-5-7-27(23,24)10-13;/h2-3,8,13H,4-7,9-11H2,1H3,(H,21,22)(H2,18,19,20);1H. The minimum atomic E-state index is -2.99. The van der Waals surface area contributed by atoms with Gasteiger partial charge in [-0.1, -0.05) is 6.07 Å². The Balaban J connectivity index is 0.00000280. The van der Waals surface area contributed by atoms with E-state index < -0.39 is 9.84 Å². The smallest absolute Gasteiger partial charge is 0.231 e. The maximum Gasteiger partial charge on any atom is 0.231 e. The highest BCUT2D eigenvalue weighted by Gasteiger charge is 2.28. The lowest BCUT2D eigenvalue weighted by Gasteiger charge is -2.13. The Hall–Kier alpha value is -1.76. The van der Waals surface area contributed by atoms with Crippen LogP contribution < -0.4 is 25.4 Å². The van der Waals surface area contributed by atoms with Gasteiger partial charge in [-0.3, -0.25) is 9.79 Å². The molecule has 1 atom stereocenters. The second kappa shape index (κ2) is 10.1. The van der Waals surface area contributed by atoms with E-state index in [0.717, 1.165) is 17.1 Å². The van der Waals surface area contributed by atoms with E-state index in [-0.39, 0.29) is 60.6 Å². The molecule has 0 spiro atoms. The van der Waals surface area contributed by atoms with Gasteiger partial charge in [0.05, 0.1) is 11.5 Å². The maximum absolute atomic E-state index is 11.9. The molecule has 0 aromatic heterocycles. The summed E-state index contributed by atoms with van der Waals surface area (Å²) in [5.74, 6) is 2.04. The predicted molar refractivity (Wildman–Crippen MR) is 116 cm³/mol. The van der Waals surface area contributed by atoms with Crippen molar-refractivity contribution in [3.05, 3.63) is 23.8 Å². The van der Waals surface area contributed by atoms with Gasteiger partial charge >= 0.3 is 0 Å². The van der Waals surface area contributed by atoms with Crippen molar-refractivity contribution in [2.75, 3.05) is 31.9 Å². The van der Waals surface area contributed by atoms with Crippen LogP contribution in [0.1, 0.15) is 18.4 Å². The van der Waals surface area contributed by atoms with E-state index in [0.29, 0.717) is 25.5 Å². The van der Waals surface area contributed by atoms with Gasteiger partial charge in [0.25, 0.3) is 0 Å². The summed E-state index contributed by atoms with van der Waals surface area (Å²) in [4.78, 5) is 16.1. The van der Waals surface area contributed by atoms with Gasteiger partial charge in [-0.25, -0.2) is 8.42 Å². The second-order valence-electron chi connectivity index (χ2n) is 6.46. The predicted octanol–water partition coefficient (Wildman–Crippen LogP) is 0.392. The van der Waals surface area contributed by atoms with Gasteiger partial charge in [0.15, 0.2) is 27.3 Å². The van der Waals surface area contributed by atoms with Crippen molar-refractivity contribution in [1.82, 2.24) is 16.0 Å². The highest BCUT2D eigenvalue weighted by Crippen LogP contribution is 2.32. The molecule has 156 valence electrons. The van der Waals surface area contributed by atoms with Crippen LogP contribution in [0.2, 0.25) is 0 Å². The van der Waals surface area contributed by atoms with Crippen LogP contribution in [-0.2, 0) is 21.2 Å². The molecule has 3 N–H and O–H groups in total. The van der Waals surface area contributed by atoms with Crippen LogP contribution in [0.5, 0.6) is 11.5 Å². The zero-order chi connectivity index (χ0) is 19.3. The Morgan fingerprint density at radius 1 is 1.25 bits per heavy atom. The van der Waals surface area contributed by atoms with Crippen molar-refractivity contribution in [2.24, 2.45) is 4.99 Å². The average Bonchev–Trinajstić information content (AvgIpc) is 3.23. The van der Waals surface area contributed by atoms with Crippen LogP contribution >= 0.6 is 24.0 Å². The molecule has 2 aliphatic heterocycles. The van der Waals surface area contributed by atoms with Crippen molar-refractivity contribution in [2.45, 2.75) is 25.4 Å². The first-order chi connectivity index (χ1) is 12.9. The molecule has 1 fully saturated rings. The van der Waals surface area contributed by atoms with E-state index in [1.165, 1.54) is 0 Å². The van der Waals surface area contributed by atoms with E-state index >= 15 is 0 Å². The number of amides is 1. The third kappa shape index (κ3) is 6.40. The summed E-state index contributed by atoms with van der Waals surface area (Å²) in [6.45, 7) is 1.18. The Kier molecular flexibility index (Phi) is 8.16. The molecule has 1 aromatic carbocycles. The molecule has 1 saturated heterocycles. The molecule has 0 saturated carbocycles. The molecule has 0 aliphatic carbocycles. The largest absolute Gasteiger partial charge is 0.454 e. The number of halogens is 1. The topological polar surface area (TPSA) is 118 Å². The maximum atomic E-state index is 11.9. The van der Waals surface area contributed by atoms with Gasteiger partial charge in [-0.15, -0.1) is 24.0 Å². The van der Waals surface area contributed by atoms with Crippen molar-refractivity contribution in [1.29, 1.82) is 0 Å². The summed E-state index contributed by atoms with van der Waals surface area (Å²) in [6.07, 6.45) is 0.724. The summed E-state index contributed by atoms with van der Waals surface area (Å²) in [7, 11) is -1.34. The molecule has 2 heterocycles. The molecule has 0 bridgehead atoms. The summed E-state index contributed by atoms with van der Waals surface area (Å²) in [6, 6.07) is 5.44. The summed E-state index contributed by atoms with van der Waals surface area (Å²) in [5.41, 5.74) is 1.02. The van der Waals surface area contributed by atoms with E-state index in [1.807, 2.05) is 18.2 Å². The van der Waals surface area contributed by atoms with E-state index in [9.17, 15) is 13.2 Å². The quantitative estimate of drug-likeness (QED) is 0.280. The number of fused-ring (bicyclic) bond motifs is 1. The average molecular weight is 524 g/mol. The summed E-state index contributed by atoms with van der Waals surface area (Å²) < 4.78 is 33.5. The van der Waals surface area contributed by atoms with Crippen LogP contribution in [0, 0.1) is 0 Å². The van der Waals surface area contributed by atoms with Crippen molar-refractivity contribution >= 4 is 45.7 Å². The van der Waals surface area contributed by atoms with Gasteiger partial charge in [0.2, 0.25) is 12.7 Å². The minimum Gasteiger partial charge on any atom is -0.454 e. The van der Waals surface area contributed by atoms with E-state index in [4.69, 9.17) is 9.47 Å². The Labute approximate surface area is 181 Å². The van der Waals surface area contributed by atoms with Crippen LogP contribution in [0.25, 0.3) is 0 Å². The van der Waals surface area contributed by atoms with Gasteiger partial charge in [-0.05, 0) is 24.1 Å². The lowest BCUT2D eigenvalue weighted by atomic mass is 10.2. The number of hydrogen-bond acceptors (Lipinski definition) is 6. The van der Waals surface area contributed by atoms with Crippen LogP contribution in [0.15, 0.2) is 23.2 Å². The third-order valence-electron chi connectivity index (χ3n) is 4.36. The fourth-order valence-electron chi connectivity index (χ4n) is 2.96. The fourth-order valence-corrected chi connectivity index (χ4v) is 4.63. The molecule has 3 rings (SSSR count). The Morgan fingerprint density at radius 2 is 2.04 bits per heavy atom. The number of sulfone groups is 1. The minimum absolute atomic E-state index is 0. The second-order valence-corrected chi connectivity index (χ2v) is 8.69. The van der Waals surface area contributed by atoms with Gasteiger partial charge < -0.3 is 25.4 Å². The Morgan fingerprint density at radius 3 is 2.75 bits per heavy atom. The number of nitrogens with zero attached hydrogens (tertiary/aromatic N) is 1. The molecule has 1 aromatic rings. The third-order valence-corrected chi connectivity index (χ3v) is 6.13. The zero-order valence-electron chi connectivity index (χ0n) is 15.6. The van der Waals surface area contributed by atoms with E-state index in [2.05, 4.69) is 20.9 Å². The summed E-state index contributed by atoms with van der Waals surface area (Å²) >= 11 is 0.